The molecule has 0 aliphatic heterocycles. The molecule has 0 aliphatic carbocycles. The fraction of sp³-hybridized carbons (Fsp3) is 0.579. The zero-order valence-corrected chi connectivity index (χ0v) is 15.7. The van der Waals surface area contributed by atoms with Gasteiger partial charge in [0.2, 0.25) is 0 Å². The summed E-state index contributed by atoms with van der Waals surface area (Å²) in [6, 6.07) is 2.80. The lowest BCUT2D eigenvalue weighted by Gasteiger charge is -2.19. The average Bonchev–Trinajstić information content (AvgIpc) is 2.51. The van der Waals surface area contributed by atoms with E-state index in [1.807, 2.05) is 0 Å². The van der Waals surface area contributed by atoms with Crippen LogP contribution in [0.3, 0.4) is 0 Å². The van der Waals surface area contributed by atoms with E-state index < -0.39 is 11.9 Å². The molecule has 1 aromatic carbocycles. The molecule has 4 nitrogen and oxygen atoms in total. The van der Waals surface area contributed by atoms with Gasteiger partial charge in [-0.1, -0.05) is 45.2 Å². The van der Waals surface area contributed by atoms with Gasteiger partial charge in [0.05, 0.1) is 11.1 Å². The maximum Gasteiger partial charge on any atom is 0.339 e. The quantitative estimate of drug-likeness (QED) is 0.595. The molecular weight excluding hydrogens is 328 g/mol. The van der Waals surface area contributed by atoms with Crippen LogP contribution in [0.4, 0.5) is 0 Å². The summed E-state index contributed by atoms with van der Waals surface area (Å²) < 4.78 is 5.61. The van der Waals surface area contributed by atoms with Gasteiger partial charge in [-0.2, -0.15) is 0 Å². The highest BCUT2D eigenvalue weighted by Crippen LogP contribution is 2.24. The number of halogens is 1. The minimum absolute atomic E-state index is 0.0177. The summed E-state index contributed by atoms with van der Waals surface area (Å²) in [5, 5.41) is 9.69. The standard InChI is InChI=1S/C19H27ClO4/c1-5-6-7-14(9-8-12(2)3)24-19(23)16-11-17(20)13(4)10-15(16)18(21)22/h10-12,14H,5-9H2,1-4H3,(H,21,22). The molecule has 5 heteroatoms. The summed E-state index contributed by atoms with van der Waals surface area (Å²) in [5.41, 5.74) is 0.567. The summed E-state index contributed by atoms with van der Waals surface area (Å²) in [6.45, 7) is 8.04. The van der Waals surface area contributed by atoms with E-state index in [9.17, 15) is 14.7 Å². The highest BCUT2D eigenvalue weighted by Gasteiger charge is 2.22. The van der Waals surface area contributed by atoms with Crippen molar-refractivity contribution in [3.63, 3.8) is 0 Å². The van der Waals surface area contributed by atoms with Crippen LogP contribution in [0, 0.1) is 12.8 Å². The minimum atomic E-state index is -1.16. The summed E-state index contributed by atoms with van der Waals surface area (Å²) in [6.07, 6.45) is 4.33. The number of aryl methyl sites for hydroxylation is 1. The fourth-order valence-corrected chi connectivity index (χ4v) is 2.62. The Hall–Kier alpha value is -1.55. The summed E-state index contributed by atoms with van der Waals surface area (Å²) in [4.78, 5) is 23.9. The number of hydrogen-bond acceptors (Lipinski definition) is 3. The van der Waals surface area contributed by atoms with Gasteiger partial charge in [0.25, 0.3) is 0 Å². The normalized spacial score (nSPS) is 12.2. The van der Waals surface area contributed by atoms with Gasteiger partial charge < -0.3 is 9.84 Å². The summed E-state index contributed by atoms with van der Waals surface area (Å²) >= 11 is 6.06. The molecule has 1 unspecified atom stereocenters. The van der Waals surface area contributed by atoms with E-state index in [0.717, 1.165) is 32.1 Å². The number of unbranched alkanes of at least 4 members (excludes halogenated alkanes) is 1. The first kappa shape index (κ1) is 20.5. The van der Waals surface area contributed by atoms with E-state index in [-0.39, 0.29) is 17.2 Å². The Bertz CT molecular complexity index is 581. The molecule has 1 rings (SSSR count). The Labute approximate surface area is 149 Å². The zero-order chi connectivity index (χ0) is 18.3. The number of rotatable bonds is 9. The van der Waals surface area contributed by atoms with E-state index in [1.165, 1.54) is 12.1 Å². The van der Waals surface area contributed by atoms with E-state index in [0.29, 0.717) is 16.5 Å². The Morgan fingerprint density at radius 2 is 1.83 bits per heavy atom. The maximum absolute atomic E-state index is 12.5. The third kappa shape index (κ3) is 6.16. The Morgan fingerprint density at radius 1 is 1.17 bits per heavy atom. The molecule has 0 amide bonds. The lowest BCUT2D eigenvalue weighted by Crippen LogP contribution is -2.21. The second kappa shape index (κ2) is 9.67. The fourth-order valence-electron chi connectivity index (χ4n) is 2.46. The Morgan fingerprint density at radius 3 is 2.38 bits per heavy atom. The van der Waals surface area contributed by atoms with Gasteiger partial charge in [0.1, 0.15) is 6.10 Å². The highest BCUT2D eigenvalue weighted by molar-refractivity contribution is 6.32. The number of carbonyl (C=O) groups is 2. The second-order valence-corrected chi connectivity index (χ2v) is 7.00. The van der Waals surface area contributed by atoms with E-state index in [2.05, 4.69) is 20.8 Å². The first-order valence-electron chi connectivity index (χ1n) is 8.50. The van der Waals surface area contributed by atoms with Crippen molar-refractivity contribution < 1.29 is 19.4 Å². The summed E-state index contributed by atoms with van der Waals surface area (Å²) in [7, 11) is 0. The first-order valence-corrected chi connectivity index (χ1v) is 8.88. The minimum Gasteiger partial charge on any atom is -0.478 e. The van der Waals surface area contributed by atoms with Crippen molar-refractivity contribution in [3.8, 4) is 0 Å². The van der Waals surface area contributed by atoms with Crippen molar-refractivity contribution in [1.82, 2.24) is 0 Å². The van der Waals surface area contributed by atoms with Crippen molar-refractivity contribution in [2.24, 2.45) is 5.92 Å². The Balaban J connectivity index is 2.97. The highest BCUT2D eigenvalue weighted by atomic mass is 35.5. The monoisotopic (exact) mass is 354 g/mol. The zero-order valence-electron chi connectivity index (χ0n) is 14.9. The van der Waals surface area contributed by atoms with Crippen molar-refractivity contribution in [2.75, 3.05) is 0 Å². The van der Waals surface area contributed by atoms with Crippen LogP contribution in [0.15, 0.2) is 12.1 Å². The van der Waals surface area contributed by atoms with Crippen LogP contribution >= 0.6 is 11.6 Å². The van der Waals surface area contributed by atoms with E-state index >= 15 is 0 Å². The molecule has 0 saturated heterocycles. The lowest BCUT2D eigenvalue weighted by molar-refractivity contribution is 0.0238. The largest absolute Gasteiger partial charge is 0.478 e. The number of ether oxygens (including phenoxy) is 1. The third-order valence-corrected chi connectivity index (χ3v) is 4.38. The van der Waals surface area contributed by atoms with Crippen molar-refractivity contribution in [1.29, 1.82) is 0 Å². The molecule has 0 bridgehead atoms. The number of carboxylic acid groups (broad SMARTS) is 1. The van der Waals surface area contributed by atoms with Gasteiger partial charge in [-0.15, -0.1) is 0 Å². The molecule has 24 heavy (non-hydrogen) atoms. The van der Waals surface area contributed by atoms with Crippen molar-refractivity contribution in [3.05, 3.63) is 33.8 Å². The average molecular weight is 355 g/mol. The molecule has 0 aliphatic rings. The van der Waals surface area contributed by atoms with Crippen LogP contribution in [0.1, 0.15) is 79.2 Å². The molecule has 0 saturated carbocycles. The molecule has 1 N–H and O–H groups in total. The van der Waals surface area contributed by atoms with Crippen LogP contribution in [0.25, 0.3) is 0 Å². The maximum atomic E-state index is 12.5. The molecule has 0 spiro atoms. The number of benzene rings is 1. The summed E-state index contributed by atoms with van der Waals surface area (Å²) in [5.74, 6) is -1.25. The second-order valence-electron chi connectivity index (χ2n) is 6.59. The third-order valence-electron chi connectivity index (χ3n) is 3.97. The number of carboxylic acids is 1. The van der Waals surface area contributed by atoms with Gasteiger partial charge in [0, 0.05) is 5.02 Å². The smallest absolute Gasteiger partial charge is 0.339 e. The predicted molar refractivity (Wildman–Crippen MR) is 95.9 cm³/mol. The van der Waals surface area contributed by atoms with Gasteiger partial charge in [-0.05, 0) is 49.8 Å². The van der Waals surface area contributed by atoms with E-state index in [4.69, 9.17) is 16.3 Å². The molecule has 0 aromatic heterocycles. The van der Waals surface area contributed by atoms with Crippen LogP contribution < -0.4 is 0 Å². The number of esters is 1. The first-order chi connectivity index (χ1) is 11.3. The van der Waals surface area contributed by atoms with Gasteiger partial charge in [-0.25, -0.2) is 9.59 Å². The predicted octanol–water partition coefficient (Wildman–Crippen LogP) is 5.50. The SMILES string of the molecule is CCCCC(CCC(C)C)OC(=O)c1cc(Cl)c(C)cc1C(=O)O. The lowest BCUT2D eigenvalue weighted by atomic mass is 10.0. The van der Waals surface area contributed by atoms with Crippen LogP contribution in [-0.4, -0.2) is 23.1 Å². The molecular formula is C19H27ClO4. The number of aromatic carboxylic acids is 1. The van der Waals surface area contributed by atoms with E-state index in [1.54, 1.807) is 6.92 Å². The Kier molecular flexibility index (Phi) is 8.26. The molecule has 0 heterocycles. The van der Waals surface area contributed by atoms with Gasteiger partial charge in [-0.3, -0.25) is 0 Å². The number of carbonyl (C=O) groups excluding carboxylic acids is 1. The molecule has 1 atom stereocenters. The van der Waals surface area contributed by atoms with Crippen LogP contribution in [-0.2, 0) is 4.74 Å². The molecule has 0 fully saturated rings. The van der Waals surface area contributed by atoms with Gasteiger partial charge >= 0.3 is 11.9 Å². The molecule has 1 aromatic rings. The molecule has 134 valence electrons. The van der Waals surface area contributed by atoms with Crippen molar-refractivity contribution >= 4 is 23.5 Å². The van der Waals surface area contributed by atoms with Gasteiger partial charge in [0.15, 0.2) is 0 Å². The van der Waals surface area contributed by atoms with Crippen LogP contribution in [0.5, 0.6) is 0 Å². The topological polar surface area (TPSA) is 63.6 Å². The van der Waals surface area contributed by atoms with Crippen molar-refractivity contribution in [2.45, 2.75) is 65.9 Å². The molecule has 0 radical (unpaired) electrons. The van der Waals surface area contributed by atoms with Crippen LogP contribution in [0.2, 0.25) is 5.02 Å². The number of hydrogen-bond donors (Lipinski definition) is 1.